The van der Waals surface area contributed by atoms with Gasteiger partial charge in [0.2, 0.25) is 0 Å². The highest BCUT2D eigenvalue weighted by molar-refractivity contribution is 9.10. The van der Waals surface area contributed by atoms with E-state index in [-0.39, 0.29) is 6.04 Å². The summed E-state index contributed by atoms with van der Waals surface area (Å²) >= 11 is 7.07. The maximum absolute atomic E-state index is 5.92. The van der Waals surface area contributed by atoms with Gasteiger partial charge in [-0.2, -0.15) is 0 Å². The van der Waals surface area contributed by atoms with Crippen molar-refractivity contribution in [2.75, 3.05) is 0 Å². The average Bonchev–Trinajstić information content (AvgIpc) is 2.70. The van der Waals surface area contributed by atoms with Gasteiger partial charge in [0.15, 0.2) is 0 Å². The molecule has 0 fully saturated rings. The zero-order valence-corrected chi connectivity index (χ0v) is 13.5. The molecule has 1 atom stereocenters. The van der Waals surface area contributed by atoms with Crippen LogP contribution in [0.5, 0.6) is 0 Å². The molecule has 1 aromatic heterocycles. The molecular formula is C13H15BrN2S2. The summed E-state index contributed by atoms with van der Waals surface area (Å²) in [4.78, 5) is 7.01. The van der Waals surface area contributed by atoms with Crippen LogP contribution in [0.15, 0.2) is 33.6 Å². The second-order valence-corrected chi connectivity index (χ2v) is 7.05. The number of hydrogen-bond acceptors (Lipinski definition) is 4. The molecule has 5 heteroatoms. The molecule has 0 amide bonds. The molecule has 0 radical (unpaired) electrons. The molecule has 0 aliphatic heterocycles. The van der Waals surface area contributed by atoms with Crippen LogP contribution in [-0.2, 0) is 5.75 Å². The molecule has 0 aliphatic rings. The summed E-state index contributed by atoms with van der Waals surface area (Å²) in [5, 5.41) is 1.14. The number of thiazole rings is 1. The second-order valence-electron chi connectivity index (χ2n) is 4.07. The second kappa shape index (κ2) is 6.19. The Morgan fingerprint density at radius 1 is 1.44 bits per heavy atom. The van der Waals surface area contributed by atoms with Crippen molar-refractivity contribution < 1.29 is 0 Å². The molecule has 2 nitrogen and oxygen atoms in total. The van der Waals surface area contributed by atoms with Crippen LogP contribution in [0.2, 0.25) is 0 Å². The van der Waals surface area contributed by atoms with E-state index < -0.39 is 0 Å². The SMILES string of the molecule is Cc1nc(CSc2ccccc2Br)sc1C(C)N. The van der Waals surface area contributed by atoms with Crippen LogP contribution in [0.4, 0.5) is 0 Å². The molecule has 0 bridgehead atoms. The van der Waals surface area contributed by atoms with Gasteiger partial charge in [0, 0.05) is 20.3 Å². The minimum absolute atomic E-state index is 0.0738. The number of halogens is 1. The molecule has 1 aromatic carbocycles. The molecule has 2 N–H and O–H groups in total. The fourth-order valence-corrected chi connectivity index (χ4v) is 4.23. The van der Waals surface area contributed by atoms with Gasteiger partial charge in [-0.3, -0.25) is 0 Å². The first kappa shape index (κ1) is 14.1. The molecular weight excluding hydrogens is 328 g/mol. The number of nitrogens with zero attached hydrogens (tertiary/aromatic N) is 1. The Labute approximate surface area is 124 Å². The number of rotatable bonds is 4. The molecule has 2 rings (SSSR count). The van der Waals surface area contributed by atoms with Crippen molar-refractivity contribution >= 4 is 39.0 Å². The van der Waals surface area contributed by atoms with Crippen molar-refractivity contribution in [2.45, 2.75) is 30.5 Å². The monoisotopic (exact) mass is 342 g/mol. The lowest BCUT2D eigenvalue weighted by atomic mass is 10.2. The van der Waals surface area contributed by atoms with Gasteiger partial charge in [-0.15, -0.1) is 23.1 Å². The maximum atomic E-state index is 5.92. The summed E-state index contributed by atoms with van der Waals surface area (Å²) in [6.45, 7) is 4.03. The average molecular weight is 343 g/mol. The third-order valence-electron chi connectivity index (χ3n) is 2.48. The van der Waals surface area contributed by atoms with Gasteiger partial charge in [-0.1, -0.05) is 12.1 Å². The number of thioether (sulfide) groups is 1. The number of nitrogens with two attached hydrogens (primary N) is 1. The minimum Gasteiger partial charge on any atom is -0.323 e. The standard InChI is InChI=1S/C13H15BrN2S2/c1-8(15)13-9(2)16-12(18-13)7-17-11-6-4-3-5-10(11)14/h3-6,8H,7,15H2,1-2H3. The van der Waals surface area contributed by atoms with Crippen molar-refractivity contribution in [1.82, 2.24) is 4.98 Å². The number of benzene rings is 1. The highest BCUT2D eigenvalue weighted by Crippen LogP contribution is 2.32. The highest BCUT2D eigenvalue weighted by atomic mass is 79.9. The van der Waals surface area contributed by atoms with E-state index in [1.807, 2.05) is 26.0 Å². The van der Waals surface area contributed by atoms with E-state index in [0.717, 1.165) is 20.9 Å². The molecule has 0 saturated heterocycles. The summed E-state index contributed by atoms with van der Waals surface area (Å²) in [5.41, 5.74) is 6.98. The van der Waals surface area contributed by atoms with Gasteiger partial charge < -0.3 is 5.73 Å². The lowest BCUT2D eigenvalue weighted by molar-refractivity contribution is 0.825. The normalized spacial score (nSPS) is 12.7. The Morgan fingerprint density at radius 2 is 2.17 bits per heavy atom. The summed E-state index contributed by atoms with van der Waals surface area (Å²) < 4.78 is 1.13. The van der Waals surface area contributed by atoms with E-state index >= 15 is 0 Å². The largest absolute Gasteiger partial charge is 0.323 e. The lowest BCUT2D eigenvalue weighted by Gasteiger charge is -2.01. The third-order valence-corrected chi connectivity index (χ3v) is 6.06. The zero-order chi connectivity index (χ0) is 13.1. The Hall–Kier alpha value is -0.360. The molecule has 1 heterocycles. The van der Waals surface area contributed by atoms with E-state index in [0.29, 0.717) is 0 Å². The van der Waals surface area contributed by atoms with E-state index in [1.54, 1.807) is 23.1 Å². The molecule has 0 spiro atoms. The van der Waals surface area contributed by atoms with Gasteiger partial charge >= 0.3 is 0 Å². The van der Waals surface area contributed by atoms with Crippen LogP contribution in [0.3, 0.4) is 0 Å². The molecule has 1 unspecified atom stereocenters. The first-order chi connectivity index (χ1) is 8.58. The molecule has 0 saturated carbocycles. The number of aromatic nitrogens is 1. The summed E-state index contributed by atoms with van der Waals surface area (Å²) in [5.74, 6) is 0.890. The fourth-order valence-electron chi connectivity index (χ4n) is 1.65. The summed E-state index contributed by atoms with van der Waals surface area (Å²) in [6.07, 6.45) is 0. The van der Waals surface area contributed by atoms with Crippen LogP contribution < -0.4 is 5.73 Å². The van der Waals surface area contributed by atoms with Gasteiger partial charge in [-0.05, 0) is 41.9 Å². The molecule has 18 heavy (non-hydrogen) atoms. The highest BCUT2D eigenvalue weighted by Gasteiger charge is 2.11. The summed E-state index contributed by atoms with van der Waals surface area (Å²) in [7, 11) is 0. The van der Waals surface area contributed by atoms with Crippen molar-refractivity contribution in [3.05, 3.63) is 44.3 Å². The molecule has 96 valence electrons. The Balaban J connectivity index is 2.07. The number of aryl methyl sites for hydroxylation is 1. The van der Waals surface area contributed by atoms with Crippen molar-refractivity contribution in [2.24, 2.45) is 5.73 Å². The van der Waals surface area contributed by atoms with Crippen molar-refractivity contribution in [3.63, 3.8) is 0 Å². The Morgan fingerprint density at radius 3 is 2.78 bits per heavy atom. The van der Waals surface area contributed by atoms with Gasteiger partial charge in [0.25, 0.3) is 0 Å². The third kappa shape index (κ3) is 3.35. The van der Waals surface area contributed by atoms with E-state index in [9.17, 15) is 0 Å². The smallest absolute Gasteiger partial charge is 0.103 e. The van der Waals surface area contributed by atoms with Gasteiger partial charge in [-0.25, -0.2) is 4.98 Å². The fraction of sp³-hybridized carbons (Fsp3) is 0.308. The van der Waals surface area contributed by atoms with Crippen LogP contribution in [0, 0.1) is 6.92 Å². The molecule has 2 aromatic rings. The van der Waals surface area contributed by atoms with Crippen LogP contribution in [0.1, 0.15) is 28.5 Å². The minimum atomic E-state index is 0.0738. The first-order valence-electron chi connectivity index (χ1n) is 5.67. The van der Waals surface area contributed by atoms with Crippen LogP contribution in [0.25, 0.3) is 0 Å². The topological polar surface area (TPSA) is 38.9 Å². The Kier molecular flexibility index (Phi) is 4.84. The molecule has 0 aliphatic carbocycles. The summed E-state index contributed by atoms with van der Waals surface area (Å²) in [6, 6.07) is 8.32. The van der Waals surface area contributed by atoms with Crippen LogP contribution in [-0.4, -0.2) is 4.98 Å². The Bertz CT molecular complexity index is 538. The lowest BCUT2D eigenvalue weighted by Crippen LogP contribution is -2.03. The first-order valence-corrected chi connectivity index (χ1v) is 8.26. The van der Waals surface area contributed by atoms with Gasteiger partial charge in [0.05, 0.1) is 11.4 Å². The van der Waals surface area contributed by atoms with E-state index in [1.165, 1.54) is 9.77 Å². The zero-order valence-electron chi connectivity index (χ0n) is 10.3. The van der Waals surface area contributed by atoms with Gasteiger partial charge in [0.1, 0.15) is 5.01 Å². The van der Waals surface area contributed by atoms with Crippen LogP contribution >= 0.6 is 39.0 Å². The van der Waals surface area contributed by atoms with Crippen molar-refractivity contribution in [3.8, 4) is 0 Å². The maximum Gasteiger partial charge on any atom is 0.103 e. The van der Waals surface area contributed by atoms with E-state index in [2.05, 4.69) is 33.0 Å². The van der Waals surface area contributed by atoms with E-state index in [4.69, 9.17) is 5.73 Å². The predicted molar refractivity (Wildman–Crippen MR) is 83.2 cm³/mol. The van der Waals surface area contributed by atoms with Crippen molar-refractivity contribution in [1.29, 1.82) is 0 Å². The number of hydrogen-bond donors (Lipinski definition) is 1. The predicted octanol–water partition coefficient (Wildman–Crippen LogP) is 4.53. The quantitative estimate of drug-likeness (QED) is 0.829.